The lowest BCUT2D eigenvalue weighted by Crippen LogP contribution is -2.43. The minimum Gasteiger partial charge on any atom is -0.481 e. The van der Waals surface area contributed by atoms with E-state index in [-0.39, 0.29) is 18.3 Å². The Morgan fingerprint density at radius 2 is 1.92 bits per heavy atom. The molecule has 0 bridgehead atoms. The van der Waals surface area contributed by atoms with Crippen LogP contribution >= 0.6 is 0 Å². The number of carboxylic acid groups (broad SMARTS) is 1. The van der Waals surface area contributed by atoms with Crippen LogP contribution in [-0.2, 0) is 4.79 Å². The van der Waals surface area contributed by atoms with Crippen molar-refractivity contribution in [2.45, 2.75) is 104 Å². The molecule has 0 aromatic carbocycles. The molecule has 2 aliphatic rings. The summed E-state index contributed by atoms with van der Waals surface area (Å²) in [5, 5.41) is 18.9. The van der Waals surface area contributed by atoms with E-state index in [0.29, 0.717) is 17.3 Å². The van der Waals surface area contributed by atoms with E-state index in [9.17, 15) is 15.2 Å². The third kappa shape index (κ3) is 5.48. The van der Waals surface area contributed by atoms with Gasteiger partial charge >= 0.3 is 5.97 Å². The molecule has 0 spiro atoms. The van der Waals surface area contributed by atoms with E-state index in [2.05, 4.69) is 19.9 Å². The first kappa shape index (κ1) is 21.3. The second kappa shape index (κ2) is 10.3. The smallest absolute Gasteiger partial charge is 0.303 e. The minimum atomic E-state index is -0.667. The van der Waals surface area contributed by atoms with E-state index < -0.39 is 5.97 Å². The number of rotatable bonds is 9. The Kier molecular flexibility index (Phi) is 8.45. The fourth-order valence-electron chi connectivity index (χ4n) is 6.09. The molecule has 148 valence electrons. The highest BCUT2D eigenvalue weighted by molar-refractivity contribution is 5.67. The van der Waals surface area contributed by atoms with Crippen molar-refractivity contribution in [1.82, 2.24) is 0 Å². The highest BCUT2D eigenvalue weighted by Gasteiger charge is 2.47. The second-order valence-electron chi connectivity index (χ2n) is 9.22. The van der Waals surface area contributed by atoms with Gasteiger partial charge in [-0.1, -0.05) is 58.8 Å². The lowest BCUT2D eigenvalue weighted by molar-refractivity contribution is -0.139. The van der Waals surface area contributed by atoms with Gasteiger partial charge in [0.1, 0.15) is 0 Å². The molecule has 4 unspecified atom stereocenters. The molecule has 2 aliphatic carbocycles. The molecule has 3 heteroatoms. The Morgan fingerprint density at radius 1 is 1.19 bits per heavy atom. The van der Waals surface area contributed by atoms with Crippen LogP contribution < -0.4 is 0 Å². The van der Waals surface area contributed by atoms with Crippen molar-refractivity contribution in [2.75, 3.05) is 0 Å². The molecule has 4 atom stereocenters. The third-order valence-electron chi connectivity index (χ3n) is 7.48. The molecule has 2 fully saturated rings. The molecule has 0 saturated heterocycles. The average Bonchev–Trinajstić information content (AvgIpc) is 2.65. The zero-order chi connectivity index (χ0) is 19.0. The fraction of sp³-hybridized carbons (Fsp3) is 0.913. The van der Waals surface area contributed by atoms with Gasteiger partial charge in [-0.15, -0.1) is 0 Å². The summed E-state index contributed by atoms with van der Waals surface area (Å²) in [4.78, 5) is 11.3. The Morgan fingerprint density at radius 3 is 2.54 bits per heavy atom. The van der Waals surface area contributed by atoms with Crippen LogP contribution in [0.15, 0.2) is 0 Å². The molecule has 3 nitrogen and oxygen atoms in total. The van der Waals surface area contributed by atoms with Gasteiger partial charge in [-0.05, 0) is 61.7 Å². The topological polar surface area (TPSA) is 61.1 Å². The van der Waals surface area contributed by atoms with Gasteiger partial charge in [0, 0.05) is 12.3 Å². The van der Waals surface area contributed by atoms with Crippen LogP contribution in [0, 0.1) is 40.4 Å². The van der Waals surface area contributed by atoms with Gasteiger partial charge in [0.25, 0.3) is 0 Å². The first-order chi connectivity index (χ1) is 12.5. The van der Waals surface area contributed by atoms with Crippen LogP contribution in [0.1, 0.15) is 104 Å². The summed E-state index contributed by atoms with van der Waals surface area (Å²) in [6, 6.07) is 2.55. The summed E-state index contributed by atoms with van der Waals surface area (Å²) in [6.45, 7) is 4.41. The van der Waals surface area contributed by atoms with Gasteiger partial charge in [0.2, 0.25) is 0 Å². The van der Waals surface area contributed by atoms with E-state index in [4.69, 9.17) is 0 Å². The Hall–Kier alpha value is -1.04. The van der Waals surface area contributed by atoms with Gasteiger partial charge < -0.3 is 5.11 Å². The van der Waals surface area contributed by atoms with Crippen LogP contribution in [0.3, 0.4) is 0 Å². The minimum absolute atomic E-state index is 0.183. The molecule has 0 radical (unpaired) electrons. The average molecular weight is 362 g/mol. The van der Waals surface area contributed by atoms with Crippen molar-refractivity contribution in [2.24, 2.45) is 29.1 Å². The van der Waals surface area contributed by atoms with Crippen LogP contribution in [-0.4, -0.2) is 11.1 Å². The summed E-state index contributed by atoms with van der Waals surface area (Å²) in [5.74, 6) is 0.783. The van der Waals surface area contributed by atoms with Crippen molar-refractivity contribution in [3.63, 3.8) is 0 Å². The van der Waals surface area contributed by atoms with Gasteiger partial charge in [-0.25, -0.2) is 0 Å². The molecule has 2 rings (SSSR count). The summed E-state index contributed by atoms with van der Waals surface area (Å²) in [5.41, 5.74) is 0.374. The SMILES string of the molecule is CCCCCCC1(C2CC(C#N)CCC2C(C)CC(=O)O)CCCCC1. The molecule has 0 amide bonds. The van der Waals surface area contributed by atoms with Crippen LogP contribution in [0.4, 0.5) is 0 Å². The van der Waals surface area contributed by atoms with E-state index >= 15 is 0 Å². The van der Waals surface area contributed by atoms with Gasteiger partial charge in [0.15, 0.2) is 0 Å². The van der Waals surface area contributed by atoms with Crippen molar-refractivity contribution in [3.05, 3.63) is 0 Å². The normalized spacial score (nSPS) is 29.7. The number of nitrogens with zero attached hydrogens (tertiary/aromatic N) is 1. The van der Waals surface area contributed by atoms with Crippen LogP contribution in [0.2, 0.25) is 0 Å². The lowest BCUT2D eigenvalue weighted by atomic mass is 9.53. The maximum Gasteiger partial charge on any atom is 0.303 e. The molecule has 0 heterocycles. The number of carboxylic acids is 1. The highest BCUT2D eigenvalue weighted by Crippen LogP contribution is 2.56. The summed E-state index contributed by atoms with van der Waals surface area (Å²) < 4.78 is 0. The van der Waals surface area contributed by atoms with E-state index in [1.807, 2.05) is 0 Å². The van der Waals surface area contributed by atoms with E-state index in [1.54, 1.807) is 0 Å². The fourth-order valence-corrected chi connectivity index (χ4v) is 6.09. The number of carbonyl (C=O) groups is 1. The highest BCUT2D eigenvalue weighted by atomic mass is 16.4. The molecule has 0 aromatic heterocycles. The van der Waals surface area contributed by atoms with Gasteiger partial charge in [-0.3, -0.25) is 4.79 Å². The molecule has 26 heavy (non-hydrogen) atoms. The molecule has 1 N–H and O–H groups in total. The standard InChI is InChI=1S/C23H39NO2/c1-3-4-5-7-12-23(13-8-6-9-14-23)21-16-19(17-24)10-11-20(21)18(2)15-22(25)26/h18-21H,3-16H2,1-2H3,(H,25,26). The molecule has 2 saturated carbocycles. The van der Waals surface area contributed by atoms with Crippen molar-refractivity contribution in [3.8, 4) is 6.07 Å². The second-order valence-corrected chi connectivity index (χ2v) is 9.22. The number of hydrogen-bond donors (Lipinski definition) is 1. The largest absolute Gasteiger partial charge is 0.481 e. The quantitative estimate of drug-likeness (QED) is 0.472. The summed E-state index contributed by atoms with van der Waals surface area (Å²) >= 11 is 0. The van der Waals surface area contributed by atoms with Crippen molar-refractivity contribution in [1.29, 1.82) is 5.26 Å². The maximum atomic E-state index is 11.3. The van der Waals surface area contributed by atoms with Crippen molar-refractivity contribution >= 4 is 5.97 Å². The Labute approximate surface area is 160 Å². The predicted molar refractivity (Wildman–Crippen MR) is 106 cm³/mol. The van der Waals surface area contributed by atoms with Crippen LogP contribution in [0.25, 0.3) is 0 Å². The molecule has 0 aliphatic heterocycles. The summed E-state index contributed by atoms with van der Waals surface area (Å²) in [7, 11) is 0. The number of aliphatic carboxylic acids is 1. The lowest BCUT2D eigenvalue weighted by Gasteiger charge is -2.51. The van der Waals surface area contributed by atoms with E-state index in [0.717, 1.165) is 19.3 Å². The monoisotopic (exact) mass is 361 g/mol. The van der Waals surface area contributed by atoms with Crippen LogP contribution in [0.5, 0.6) is 0 Å². The summed E-state index contributed by atoms with van der Waals surface area (Å²) in [6.07, 6.45) is 16.4. The molecular weight excluding hydrogens is 322 g/mol. The number of unbranched alkanes of at least 4 members (excludes halogenated alkanes) is 3. The first-order valence-electron chi connectivity index (χ1n) is 11.1. The maximum absolute atomic E-state index is 11.3. The molecule has 0 aromatic rings. The zero-order valence-corrected chi connectivity index (χ0v) is 17.0. The van der Waals surface area contributed by atoms with E-state index in [1.165, 1.54) is 64.2 Å². The number of hydrogen-bond acceptors (Lipinski definition) is 2. The van der Waals surface area contributed by atoms with Crippen molar-refractivity contribution < 1.29 is 9.90 Å². The van der Waals surface area contributed by atoms with Gasteiger partial charge in [0.05, 0.1) is 6.07 Å². The Balaban J connectivity index is 2.20. The first-order valence-corrected chi connectivity index (χ1v) is 11.1. The third-order valence-corrected chi connectivity index (χ3v) is 7.48. The molecular formula is C23H39NO2. The zero-order valence-electron chi connectivity index (χ0n) is 17.0. The Bertz CT molecular complexity index is 475. The number of nitriles is 1. The predicted octanol–water partition coefficient (Wildman–Crippen LogP) is 6.57. The van der Waals surface area contributed by atoms with Gasteiger partial charge in [-0.2, -0.15) is 5.26 Å².